The highest BCUT2D eigenvalue weighted by Gasteiger charge is 2.30. The maximum Gasteiger partial charge on any atom is 0.0247 e. The summed E-state index contributed by atoms with van der Waals surface area (Å²) in [6.45, 7) is 2.41. The monoisotopic (exact) mass is 252 g/mol. The van der Waals surface area contributed by atoms with Gasteiger partial charge >= 0.3 is 0 Å². The van der Waals surface area contributed by atoms with E-state index in [9.17, 15) is 0 Å². The minimum Gasteiger partial charge on any atom is -0.326 e. The van der Waals surface area contributed by atoms with Crippen molar-refractivity contribution in [2.24, 2.45) is 11.7 Å². The Morgan fingerprint density at radius 2 is 1.61 bits per heavy atom. The van der Waals surface area contributed by atoms with E-state index < -0.39 is 0 Å². The molecule has 4 unspecified atom stereocenters. The van der Waals surface area contributed by atoms with Crippen molar-refractivity contribution in [2.75, 3.05) is 7.05 Å². The predicted molar refractivity (Wildman–Crippen MR) is 78.6 cm³/mol. The molecule has 0 spiro atoms. The fourth-order valence-corrected chi connectivity index (χ4v) is 4.04. The molecule has 2 rings (SSSR count). The maximum atomic E-state index is 6.45. The van der Waals surface area contributed by atoms with Crippen molar-refractivity contribution >= 4 is 0 Å². The molecule has 0 saturated heterocycles. The molecular weight excluding hydrogens is 220 g/mol. The van der Waals surface area contributed by atoms with Gasteiger partial charge < -0.3 is 5.73 Å². The highest BCUT2D eigenvalue weighted by atomic mass is 15.2. The van der Waals surface area contributed by atoms with Gasteiger partial charge in [0, 0.05) is 18.1 Å². The van der Waals surface area contributed by atoms with Crippen LogP contribution in [0.2, 0.25) is 0 Å². The SMILES string of the molecule is CC1CCCC(N(C)C2CCCCCCC2N)C1. The van der Waals surface area contributed by atoms with Gasteiger partial charge in [-0.05, 0) is 38.6 Å². The van der Waals surface area contributed by atoms with Crippen molar-refractivity contribution in [2.45, 2.75) is 89.3 Å². The van der Waals surface area contributed by atoms with Crippen LogP contribution in [0.5, 0.6) is 0 Å². The summed E-state index contributed by atoms with van der Waals surface area (Å²) in [4.78, 5) is 2.66. The van der Waals surface area contributed by atoms with Crippen molar-refractivity contribution in [3.63, 3.8) is 0 Å². The van der Waals surface area contributed by atoms with Crippen molar-refractivity contribution in [3.05, 3.63) is 0 Å². The fourth-order valence-electron chi connectivity index (χ4n) is 4.04. The van der Waals surface area contributed by atoms with Gasteiger partial charge in [0.25, 0.3) is 0 Å². The topological polar surface area (TPSA) is 29.3 Å². The lowest BCUT2D eigenvalue weighted by molar-refractivity contribution is 0.0910. The largest absolute Gasteiger partial charge is 0.326 e. The summed E-state index contributed by atoms with van der Waals surface area (Å²) in [5.41, 5.74) is 6.45. The lowest BCUT2D eigenvalue weighted by Crippen LogP contribution is -2.51. The van der Waals surface area contributed by atoms with E-state index in [0.717, 1.165) is 12.0 Å². The van der Waals surface area contributed by atoms with E-state index in [0.29, 0.717) is 12.1 Å². The second kappa shape index (κ2) is 6.91. The van der Waals surface area contributed by atoms with E-state index in [2.05, 4.69) is 18.9 Å². The summed E-state index contributed by atoms with van der Waals surface area (Å²) >= 11 is 0. The van der Waals surface area contributed by atoms with Gasteiger partial charge in [-0.25, -0.2) is 0 Å². The number of nitrogens with zero attached hydrogens (tertiary/aromatic N) is 1. The molecule has 2 fully saturated rings. The van der Waals surface area contributed by atoms with Gasteiger partial charge in [0.05, 0.1) is 0 Å². The fraction of sp³-hybridized carbons (Fsp3) is 1.00. The molecule has 106 valence electrons. The van der Waals surface area contributed by atoms with Gasteiger partial charge in [-0.1, -0.05) is 45.4 Å². The molecular formula is C16H32N2. The summed E-state index contributed by atoms with van der Waals surface area (Å²) in [5.74, 6) is 0.913. The number of rotatable bonds is 2. The molecule has 2 heteroatoms. The first-order valence-electron chi connectivity index (χ1n) is 8.16. The Bertz CT molecular complexity index is 241. The van der Waals surface area contributed by atoms with Crippen LogP contribution in [0.1, 0.15) is 71.1 Å². The van der Waals surface area contributed by atoms with Crippen molar-refractivity contribution in [1.29, 1.82) is 0 Å². The van der Waals surface area contributed by atoms with E-state index >= 15 is 0 Å². The molecule has 0 bridgehead atoms. The summed E-state index contributed by atoms with van der Waals surface area (Å²) in [6.07, 6.45) is 13.7. The minimum atomic E-state index is 0.410. The lowest BCUT2D eigenvalue weighted by Gasteiger charge is -2.42. The van der Waals surface area contributed by atoms with E-state index in [1.54, 1.807) is 0 Å². The highest BCUT2D eigenvalue weighted by Crippen LogP contribution is 2.30. The molecule has 0 aliphatic heterocycles. The maximum absolute atomic E-state index is 6.45. The summed E-state index contributed by atoms with van der Waals surface area (Å²) in [5, 5.41) is 0. The molecule has 2 aliphatic rings. The molecule has 4 atom stereocenters. The first-order valence-corrected chi connectivity index (χ1v) is 8.16. The average molecular weight is 252 g/mol. The van der Waals surface area contributed by atoms with Crippen LogP contribution in [0, 0.1) is 5.92 Å². The summed E-state index contributed by atoms with van der Waals surface area (Å²) in [7, 11) is 2.34. The zero-order chi connectivity index (χ0) is 13.0. The van der Waals surface area contributed by atoms with Gasteiger partial charge in [-0.3, -0.25) is 4.90 Å². The highest BCUT2D eigenvalue weighted by molar-refractivity contribution is 4.87. The third-order valence-corrected chi connectivity index (χ3v) is 5.29. The smallest absolute Gasteiger partial charge is 0.0247 e. The average Bonchev–Trinajstić information content (AvgIpc) is 2.34. The van der Waals surface area contributed by atoms with E-state index in [-0.39, 0.29) is 0 Å². The molecule has 0 aromatic heterocycles. The van der Waals surface area contributed by atoms with Gasteiger partial charge in [0.2, 0.25) is 0 Å². The zero-order valence-corrected chi connectivity index (χ0v) is 12.4. The standard InChI is InChI=1S/C16H32N2/c1-13-8-7-9-14(12-13)18(2)16-11-6-4-3-5-10-15(16)17/h13-16H,3-12,17H2,1-2H3. The molecule has 0 aromatic carbocycles. The molecule has 0 aromatic rings. The number of hydrogen-bond acceptors (Lipinski definition) is 2. The summed E-state index contributed by atoms with van der Waals surface area (Å²) in [6, 6.07) is 1.84. The van der Waals surface area contributed by atoms with Crippen LogP contribution >= 0.6 is 0 Å². The Morgan fingerprint density at radius 3 is 2.33 bits per heavy atom. The van der Waals surface area contributed by atoms with Gasteiger partial charge in [0.15, 0.2) is 0 Å². The second-order valence-corrected chi connectivity index (χ2v) is 6.81. The van der Waals surface area contributed by atoms with Crippen LogP contribution in [0.15, 0.2) is 0 Å². The van der Waals surface area contributed by atoms with Crippen molar-refractivity contribution in [3.8, 4) is 0 Å². The van der Waals surface area contributed by atoms with Crippen LogP contribution in [0.3, 0.4) is 0 Å². The first kappa shape index (κ1) is 14.3. The molecule has 0 amide bonds. The quantitative estimate of drug-likeness (QED) is 0.814. The van der Waals surface area contributed by atoms with E-state index in [1.165, 1.54) is 64.2 Å². The second-order valence-electron chi connectivity index (χ2n) is 6.81. The normalized spacial score (nSPS) is 39.3. The molecule has 2 saturated carbocycles. The lowest BCUT2D eigenvalue weighted by atomic mass is 9.84. The Morgan fingerprint density at radius 1 is 0.889 bits per heavy atom. The molecule has 0 radical (unpaired) electrons. The number of likely N-dealkylation sites (N-methyl/N-ethyl adjacent to an activating group) is 1. The van der Waals surface area contributed by atoms with Crippen LogP contribution in [-0.2, 0) is 0 Å². The van der Waals surface area contributed by atoms with Gasteiger partial charge in [-0.15, -0.1) is 0 Å². The number of hydrogen-bond donors (Lipinski definition) is 1. The minimum absolute atomic E-state index is 0.410. The predicted octanol–water partition coefficient (Wildman–Crippen LogP) is 3.55. The molecule has 2 nitrogen and oxygen atoms in total. The van der Waals surface area contributed by atoms with Gasteiger partial charge in [-0.2, -0.15) is 0 Å². The first-order chi connectivity index (χ1) is 8.68. The van der Waals surface area contributed by atoms with Crippen LogP contribution < -0.4 is 5.73 Å². The summed E-state index contributed by atoms with van der Waals surface area (Å²) < 4.78 is 0. The number of nitrogens with two attached hydrogens (primary N) is 1. The Hall–Kier alpha value is -0.0800. The van der Waals surface area contributed by atoms with E-state index in [4.69, 9.17) is 5.73 Å². The molecule has 18 heavy (non-hydrogen) atoms. The zero-order valence-electron chi connectivity index (χ0n) is 12.4. The third kappa shape index (κ3) is 3.71. The van der Waals surface area contributed by atoms with Crippen LogP contribution in [0.4, 0.5) is 0 Å². The Balaban J connectivity index is 1.93. The molecule has 2 N–H and O–H groups in total. The van der Waals surface area contributed by atoms with Gasteiger partial charge in [0.1, 0.15) is 0 Å². The van der Waals surface area contributed by atoms with E-state index in [1.807, 2.05) is 0 Å². The van der Waals surface area contributed by atoms with Crippen LogP contribution in [0.25, 0.3) is 0 Å². The van der Waals surface area contributed by atoms with Crippen molar-refractivity contribution < 1.29 is 0 Å². The molecule has 2 aliphatic carbocycles. The van der Waals surface area contributed by atoms with Crippen LogP contribution in [-0.4, -0.2) is 30.1 Å². The molecule has 0 heterocycles. The van der Waals surface area contributed by atoms with Crippen molar-refractivity contribution in [1.82, 2.24) is 4.90 Å². The Kier molecular flexibility index (Phi) is 5.50. The Labute approximate surface area is 113 Å². The third-order valence-electron chi connectivity index (χ3n) is 5.29.